The minimum Gasteiger partial charge on any atom is -0.465 e. The van der Waals surface area contributed by atoms with E-state index < -0.39 is 5.97 Å². The summed E-state index contributed by atoms with van der Waals surface area (Å²) in [6, 6.07) is 8.79. The van der Waals surface area contributed by atoms with E-state index in [0.717, 1.165) is 4.88 Å². The van der Waals surface area contributed by atoms with Crippen molar-refractivity contribution in [3.8, 4) is 0 Å². The van der Waals surface area contributed by atoms with Crippen LogP contribution >= 0.6 is 23.6 Å². The first-order chi connectivity index (χ1) is 10.9. The first-order valence-electron chi connectivity index (χ1n) is 6.78. The van der Waals surface area contributed by atoms with Gasteiger partial charge in [-0.2, -0.15) is 0 Å². The molecular weight excluding hydrogens is 332 g/mol. The van der Waals surface area contributed by atoms with Gasteiger partial charge in [0, 0.05) is 16.1 Å². The molecule has 0 spiro atoms. The van der Waals surface area contributed by atoms with Gasteiger partial charge < -0.3 is 15.4 Å². The molecule has 0 radical (unpaired) electrons. The number of rotatable bonds is 4. The van der Waals surface area contributed by atoms with Crippen LogP contribution in [0.5, 0.6) is 0 Å². The van der Waals surface area contributed by atoms with Gasteiger partial charge in [-0.3, -0.25) is 4.79 Å². The van der Waals surface area contributed by atoms with Crippen LogP contribution < -0.4 is 10.6 Å². The quantitative estimate of drug-likeness (QED) is 0.497. The van der Waals surface area contributed by atoms with Gasteiger partial charge in [0.05, 0.1) is 12.7 Å². The maximum atomic E-state index is 11.8. The van der Waals surface area contributed by atoms with Crippen molar-refractivity contribution in [3.63, 3.8) is 0 Å². The zero-order valence-corrected chi connectivity index (χ0v) is 14.6. The number of carbonyl (C=O) groups excluding carboxylic acids is 2. The van der Waals surface area contributed by atoms with Crippen LogP contribution in [-0.2, 0) is 4.74 Å². The molecule has 5 nitrogen and oxygen atoms in total. The number of hydrogen-bond donors (Lipinski definition) is 2. The van der Waals surface area contributed by atoms with E-state index in [1.807, 2.05) is 6.92 Å². The molecule has 1 heterocycles. The zero-order valence-electron chi connectivity index (χ0n) is 12.9. The molecule has 7 heteroatoms. The lowest BCUT2D eigenvalue weighted by molar-refractivity contribution is 0.0602. The molecule has 2 aromatic rings. The number of thiophene rings is 1. The highest BCUT2D eigenvalue weighted by Crippen LogP contribution is 2.28. The standard InChI is InChI=1S/C16H16N2O3S2/c1-9-7-13(15(20)21-3)14(23-9)18-16(22)17-12-6-4-5-11(8-12)10(2)19/h4-8H,1-3H3,(H2,17,18,22). The zero-order chi connectivity index (χ0) is 17.0. The Hall–Kier alpha value is -2.25. The summed E-state index contributed by atoms with van der Waals surface area (Å²) in [6.45, 7) is 3.40. The van der Waals surface area contributed by atoms with E-state index in [-0.39, 0.29) is 5.78 Å². The predicted molar refractivity (Wildman–Crippen MR) is 96.7 cm³/mol. The van der Waals surface area contributed by atoms with E-state index in [9.17, 15) is 9.59 Å². The Labute approximate surface area is 143 Å². The molecule has 23 heavy (non-hydrogen) atoms. The smallest absolute Gasteiger partial charge is 0.340 e. The number of anilines is 2. The summed E-state index contributed by atoms with van der Waals surface area (Å²) >= 11 is 6.68. The van der Waals surface area contributed by atoms with Crippen molar-refractivity contribution >= 4 is 51.1 Å². The van der Waals surface area contributed by atoms with Gasteiger partial charge in [0.2, 0.25) is 0 Å². The highest BCUT2D eigenvalue weighted by Gasteiger charge is 2.16. The van der Waals surface area contributed by atoms with Crippen molar-refractivity contribution in [2.75, 3.05) is 17.7 Å². The van der Waals surface area contributed by atoms with Crippen molar-refractivity contribution in [2.24, 2.45) is 0 Å². The molecule has 0 atom stereocenters. The lowest BCUT2D eigenvalue weighted by atomic mass is 10.1. The maximum absolute atomic E-state index is 11.8. The molecule has 0 saturated carbocycles. The van der Waals surface area contributed by atoms with Gasteiger partial charge in [0.1, 0.15) is 5.00 Å². The van der Waals surface area contributed by atoms with Gasteiger partial charge >= 0.3 is 5.97 Å². The monoisotopic (exact) mass is 348 g/mol. The lowest BCUT2D eigenvalue weighted by Crippen LogP contribution is -2.20. The SMILES string of the molecule is COC(=O)c1cc(C)sc1NC(=S)Nc1cccc(C(C)=O)c1. The van der Waals surface area contributed by atoms with Crippen molar-refractivity contribution in [3.05, 3.63) is 46.3 Å². The molecule has 2 N–H and O–H groups in total. The largest absolute Gasteiger partial charge is 0.465 e. The summed E-state index contributed by atoms with van der Waals surface area (Å²) in [5.74, 6) is -0.437. The van der Waals surface area contributed by atoms with E-state index in [1.54, 1.807) is 30.3 Å². The Morgan fingerprint density at radius 2 is 1.96 bits per heavy atom. The number of nitrogens with one attached hydrogen (secondary N) is 2. The topological polar surface area (TPSA) is 67.4 Å². The Morgan fingerprint density at radius 3 is 2.61 bits per heavy atom. The molecule has 0 bridgehead atoms. The van der Waals surface area contributed by atoms with Gasteiger partial charge in [-0.25, -0.2) is 4.79 Å². The molecule has 0 aliphatic rings. The number of carbonyl (C=O) groups is 2. The van der Waals surface area contributed by atoms with Gasteiger partial charge in [-0.05, 0) is 44.3 Å². The van der Waals surface area contributed by atoms with Gasteiger partial charge in [0.15, 0.2) is 10.9 Å². The van der Waals surface area contributed by atoms with Crippen LogP contribution in [0.15, 0.2) is 30.3 Å². The number of ether oxygens (including phenoxy) is 1. The molecule has 1 aromatic carbocycles. The second-order valence-corrected chi connectivity index (χ2v) is 6.47. The van der Waals surface area contributed by atoms with Crippen LogP contribution in [-0.4, -0.2) is 24.0 Å². The molecule has 0 aliphatic carbocycles. The number of esters is 1. The average Bonchev–Trinajstić information content (AvgIpc) is 2.87. The second-order valence-electron chi connectivity index (χ2n) is 4.81. The summed E-state index contributed by atoms with van der Waals surface area (Å²) in [6.07, 6.45) is 0. The number of benzene rings is 1. The fourth-order valence-corrected chi connectivity index (χ4v) is 3.14. The summed E-state index contributed by atoms with van der Waals surface area (Å²) in [5, 5.41) is 6.95. The number of hydrogen-bond acceptors (Lipinski definition) is 5. The summed E-state index contributed by atoms with van der Waals surface area (Å²) in [5.41, 5.74) is 1.74. The van der Waals surface area contributed by atoms with Crippen LogP contribution in [0.4, 0.5) is 10.7 Å². The van der Waals surface area contributed by atoms with E-state index in [0.29, 0.717) is 26.9 Å². The van der Waals surface area contributed by atoms with Crippen molar-refractivity contribution in [1.82, 2.24) is 0 Å². The Bertz CT molecular complexity index is 768. The maximum Gasteiger partial charge on any atom is 0.340 e. The third kappa shape index (κ3) is 4.37. The summed E-state index contributed by atoms with van der Waals surface area (Å²) in [4.78, 5) is 24.1. The van der Waals surface area contributed by atoms with E-state index in [1.165, 1.54) is 25.4 Å². The number of aryl methyl sites for hydroxylation is 1. The minimum absolute atomic E-state index is 0.0191. The summed E-state index contributed by atoms with van der Waals surface area (Å²) in [7, 11) is 1.34. The molecule has 1 aromatic heterocycles. The van der Waals surface area contributed by atoms with Crippen LogP contribution in [0, 0.1) is 6.92 Å². The number of thiocarbonyl (C=S) groups is 1. The molecule has 0 amide bonds. The average molecular weight is 348 g/mol. The second kappa shape index (κ2) is 7.34. The fourth-order valence-electron chi connectivity index (χ4n) is 1.95. The molecular formula is C16H16N2O3S2. The summed E-state index contributed by atoms with van der Waals surface area (Å²) < 4.78 is 4.76. The van der Waals surface area contributed by atoms with Crippen molar-refractivity contribution < 1.29 is 14.3 Å². The Balaban J connectivity index is 2.13. The van der Waals surface area contributed by atoms with E-state index in [2.05, 4.69) is 10.6 Å². The Morgan fingerprint density at radius 1 is 1.22 bits per heavy atom. The highest BCUT2D eigenvalue weighted by molar-refractivity contribution is 7.80. The molecule has 0 unspecified atom stereocenters. The van der Waals surface area contributed by atoms with Crippen LogP contribution in [0.2, 0.25) is 0 Å². The third-order valence-corrected chi connectivity index (χ3v) is 4.18. The van der Waals surface area contributed by atoms with Crippen molar-refractivity contribution in [1.29, 1.82) is 0 Å². The van der Waals surface area contributed by atoms with E-state index in [4.69, 9.17) is 17.0 Å². The third-order valence-electron chi connectivity index (χ3n) is 3.01. The van der Waals surface area contributed by atoms with Gasteiger partial charge in [-0.15, -0.1) is 11.3 Å². The highest BCUT2D eigenvalue weighted by atomic mass is 32.1. The van der Waals surface area contributed by atoms with Crippen molar-refractivity contribution in [2.45, 2.75) is 13.8 Å². The first kappa shape index (κ1) is 17.1. The molecule has 0 fully saturated rings. The number of ketones is 1. The lowest BCUT2D eigenvalue weighted by Gasteiger charge is -2.11. The molecule has 2 rings (SSSR count). The molecule has 0 aliphatic heterocycles. The Kier molecular flexibility index (Phi) is 5.46. The van der Waals surface area contributed by atoms with Crippen LogP contribution in [0.1, 0.15) is 32.5 Å². The predicted octanol–water partition coefficient (Wildman–Crippen LogP) is 3.85. The molecule has 120 valence electrons. The fraction of sp³-hybridized carbons (Fsp3) is 0.188. The normalized spacial score (nSPS) is 10.0. The van der Waals surface area contributed by atoms with Crippen LogP contribution in [0.25, 0.3) is 0 Å². The number of Topliss-reactive ketones (excluding diaryl/α,β-unsaturated/α-hetero) is 1. The number of methoxy groups -OCH3 is 1. The minimum atomic E-state index is -0.418. The van der Waals surface area contributed by atoms with Crippen LogP contribution in [0.3, 0.4) is 0 Å². The van der Waals surface area contributed by atoms with Gasteiger partial charge in [0.25, 0.3) is 0 Å². The first-order valence-corrected chi connectivity index (χ1v) is 8.01. The van der Waals surface area contributed by atoms with E-state index >= 15 is 0 Å². The molecule has 0 saturated heterocycles. The van der Waals surface area contributed by atoms with Gasteiger partial charge in [-0.1, -0.05) is 12.1 Å².